The van der Waals surface area contributed by atoms with Crippen molar-refractivity contribution in [2.24, 2.45) is 23.7 Å². The Labute approximate surface area is 216 Å². The molecule has 2 bridgehead atoms. The zero-order valence-corrected chi connectivity index (χ0v) is 21.4. The molecule has 5 rings (SSSR count). The summed E-state index contributed by atoms with van der Waals surface area (Å²) in [6, 6.07) is 12.0. The SMILES string of the molecule is O=C(c1cccc([N+](=O)[O-])c1)N(Cc1ccc(Cl)cc1)N1C(=O)[C@@H]2[C@H]3C[C@@H]([C@@H](Br)[C@H]3Br)[C@H]2C1=O. The summed E-state index contributed by atoms with van der Waals surface area (Å²) in [5.74, 6) is -2.49. The highest BCUT2D eigenvalue weighted by Crippen LogP contribution is 2.60. The van der Waals surface area contributed by atoms with Gasteiger partial charge in [0.05, 0.1) is 23.3 Å². The molecule has 0 N–H and O–H groups in total. The highest BCUT2D eigenvalue weighted by atomic mass is 79.9. The molecule has 0 aromatic heterocycles. The van der Waals surface area contributed by atoms with Crippen LogP contribution in [0.15, 0.2) is 48.5 Å². The summed E-state index contributed by atoms with van der Waals surface area (Å²) < 4.78 is 0. The number of benzene rings is 2. The average Bonchev–Trinajstić information content (AvgIpc) is 3.43. The summed E-state index contributed by atoms with van der Waals surface area (Å²) in [6.07, 6.45) is 0.766. The molecule has 3 fully saturated rings. The summed E-state index contributed by atoms with van der Waals surface area (Å²) in [6.45, 7) is -0.0690. The van der Waals surface area contributed by atoms with E-state index in [1.54, 1.807) is 24.3 Å². The Balaban J connectivity index is 1.53. The number of rotatable bonds is 5. The first-order chi connectivity index (χ1) is 16.2. The summed E-state index contributed by atoms with van der Waals surface area (Å²) in [5, 5.41) is 13.8. The van der Waals surface area contributed by atoms with Crippen LogP contribution < -0.4 is 0 Å². The number of halogens is 3. The van der Waals surface area contributed by atoms with Gasteiger partial charge < -0.3 is 0 Å². The lowest BCUT2D eigenvalue weighted by Gasteiger charge is -2.31. The van der Waals surface area contributed by atoms with Gasteiger partial charge in [-0.05, 0) is 42.0 Å². The number of hydrogen-bond acceptors (Lipinski definition) is 5. The van der Waals surface area contributed by atoms with Crippen molar-refractivity contribution < 1.29 is 19.3 Å². The molecule has 3 amide bonds. The largest absolute Gasteiger partial charge is 0.273 e. The van der Waals surface area contributed by atoms with Gasteiger partial charge in [0.15, 0.2) is 0 Å². The van der Waals surface area contributed by atoms with Crippen molar-refractivity contribution in [3.8, 4) is 0 Å². The highest BCUT2D eigenvalue weighted by molar-refractivity contribution is 9.12. The molecule has 2 saturated carbocycles. The van der Waals surface area contributed by atoms with Gasteiger partial charge in [-0.15, -0.1) is 0 Å². The highest BCUT2D eigenvalue weighted by Gasteiger charge is 2.67. The van der Waals surface area contributed by atoms with Crippen LogP contribution in [0.1, 0.15) is 22.3 Å². The number of alkyl halides is 2. The lowest BCUT2D eigenvalue weighted by molar-refractivity contribution is -0.384. The van der Waals surface area contributed by atoms with E-state index in [0.717, 1.165) is 22.5 Å². The first kappa shape index (κ1) is 23.4. The van der Waals surface area contributed by atoms with Crippen molar-refractivity contribution in [1.82, 2.24) is 10.0 Å². The number of non-ortho nitro benzene ring substituents is 1. The van der Waals surface area contributed by atoms with Gasteiger partial charge in [0.1, 0.15) is 0 Å². The monoisotopic (exact) mass is 609 g/mol. The number of carbonyl (C=O) groups is 3. The fraction of sp³-hybridized carbons (Fsp3) is 0.348. The van der Waals surface area contributed by atoms with Crippen molar-refractivity contribution in [2.75, 3.05) is 0 Å². The molecular formula is C23H18Br2ClN3O5. The van der Waals surface area contributed by atoms with E-state index in [0.29, 0.717) is 10.6 Å². The van der Waals surface area contributed by atoms with Gasteiger partial charge in [-0.2, -0.15) is 5.01 Å². The van der Waals surface area contributed by atoms with Crippen LogP contribution in [0.3, 0.4) is 0 Å². The van der Waals surface area contributed by atoms with Crippen LogP contribution in [0, 0.1) is 33.8 Å². The van der Waals surface area contributed by atoms with E-state index < -0.39 is 34.5 Å². The fourth-order valence-corrected chi connectivity index (χ4v) is 7.47. The van der Waals surface area contributed by atoms with Gasteiger partial charge in [-0.25, -0.2) is 5.01 Å². The summed E-state index contributed by atoms with van der Waals surface area (Å²) in [4.78, 5) is 51.5. The molecule has 2 aliphatic carbocycles. The first-order valence-corrected chi connectivity index (χ1v) is 12.9. The van der Waals surface area contributed by atoms with Crippen LogP contribution in [-0.4, -0.2) is 42.3 Å². The number of hydrazine groups is 1. The van der Waals surface area contributed by atoms with Crippen LogP contribution in [0.4, 0.5) is 5.69 Å². The molecule has 34 heavy (non-hydrogen) atoms. The third-order valence-electron chi connectivity index (χ3n) is 6.99. The average molecular weight is 612 g/mol. The van der Waals surface area contributed by atoms with E-state index in [2.05, 4.69) is 31.9 Å². The second kappa shape index (κ2) is 8.73. The molecule has 11 heteroatoms. The van der Waals surface area contributed by atoms with Crippen LogP contribution in [0.2, 0.25) is 5.02 Å². The molecule has 3 aliphatic rings. The zero-order chi connectivity index (χ0) is 24.3. The second-order valence-corrected chi connectivity index (χ2v) is 11.3. The van der Waals surface area contributed by atoms with Gasteiger partial charge >= 0.3 is 0 Å². The minimum Gasteiger partial charge on any atom is -0.272 e. The molecule has 6 atom stereocenters. The van der Waals surface area contributed by atoms with E-state index in [-0.39, 0.29) is 39.3 Å². The number of nitro benzene ring substituents is 1. The van der Waals surface area contributed by atoms with Crippen molar-refractivity contribution in [3.05, 3.63) is 74.8 Å². The van der Waals surface area contributed by atoms with E-state index >= 15 is 0 Å². The molecule has 2 aromatic carbocycles. The minimum absolute atomic E-state index is 0.00822. The second-order valence-electron chi connectivity index (χ2n) is 8.79. The van der Waals surface area contributed by atoms with Gasteiger partial charge in [0.2, 0.25) is 0 Å². The van der Waals surface area contributed by atoms with E-state index in [4.69, 9.17) is 11.6 Å². The van der Waals surface area contributed by atoms with Crippen molar-refractivity contribution in [3.63, 3.8) is 0 Å². The standard InChI is InChI=1S/C23H18Br2ClN3O5/c24-19-15-9-16(20(19)25)18-17(15)22(31)28(23(18)32)27(10-11-4-6-13(26)7-5-11)21(30)12-2-1-3-14(8-12)29(33)34/h1-8,15-20H,9-10H2/t15-,16-,17-,18-,19-,20+/m1/s1. The maximum atomic E-state index is 13.6. The molecule has 1 saturated heterocycles. The molecule has 8 nitrogen and oxygen atoms in total. The van der Waals surface area contributed by atoms with Crippen LogP contribution in [-0.2, 0) is 16.1 Å². The Hall–Kier alpha value is -2.30. The van der Waals surface area contributed by atoms with Crippen LogP contribution in [0.25, 0.3) is 0 Å². The maximum Gasteiger partial charge on any atom is 0.273 e. The first-order valence-electron chi connectivity index (χ1n) is 10.7. The molecule has 2 aromatic rings. The third-order valence-corrected chi connectivity index (χ3v) is 10.4. The van der Waals surface area contributed by atoms with Gasteiger partial charge in [0.25, 0.3) is 23.4 Å². The predicted molar refractivity (Wildman–Crippen MR) is 130 cm³/mol. The molecule has 0 unspecified atom stereocenters. The van der Waals surface area contributed by atoms with Gasteiger partial charge in [0, 0.05) is 32.4 Å². The van der Waals surface area contributed by atoms with Crippen molar-refractivity contribution in [2.45, 2.75) is 22.6 Å². The van der Waals surface area contributed by atoms with Crippen LogP contribution in [0.5, 0.6) is 0 Å². The Bertz CT molecular complexity index is 1180. The molecule has 176 valence electrons. The number of imide groups is 1. The zero-order valence-electron chi connectivity index (χ0n) is 17.5. The minimum atomic E-state index is -0.668. The Morgan fingerprint density at radius 3 is 2.21 bits per heavy atom. The maximum absolute atomic E-state index is 13.6. The smallest absolute Gasteiger partial charge is 0.272 e. The summed E-state index contributed by atoms with van der Waals surface area (Å²) in [5.41, 5.74) is 0.414. The lowest BCUT2D eigenvalue weighted by atomic mass is 9.81. The van der Waals surface area contributed by atoms with Crippen molar-refractivity contribution >= 4 is 66.9 Å². The van der Waals surface area contributed by atoms with Gasteiger partial charge in [-0.3, -0.25) is 24.5 Å². The van der Waals surface area contributed by atoms with Crippen molar-refractivity contribution in [1.29, 1.82) is 0 Å². The quantitative estimate of drug-likeness (QED) is 0.213. The topological polar surface area (TPSA) is 101 Å². The summed E-state index contributed by atoms with van der Waals surface area (Å²) >= 11 is 13.3. The number of fused-ring (bicyclic) bond motifs is 5. The van der Waals surface area contributed by atoms with Gasteiger partial charge in [-0.1, -0.05) is 61.7 Å². The normalized spacial score (nSPS) is 29.4. The lowest BCUT2D eigenvalue weighted by Crippen LogP contribution is -2.50. The number of nitro groups is 1. The third kappa shape index (κ3) is 3.67. The number of hydrogen-bond donors (Lipinski definition) is 0. The number of nitrogens with zero attached hydrogens (tertiary/aromatic N) is 3. The molecule has 1 aliphatic heterocycles. The van der Waals surface area contributed by atoms with Crippen LogP contribution >= 0.6 is 43.5 Å². The Morgan fingerprint density at radius 2 is 1.65 bits per heavy atom. The Morgan fingerprint density at radius 1 is 1.06 bits per heavy atom. The molecule has 1 heterocycles. The number of amides is 3. The molecule has 0 spiro atoms. The predicted octanol–water partition coefficient (Wildman–Crippen LogP) is 4.58. The van der Waals surface area contributed by atoms with E-state index in [9.17, 15) is 24.5 Å². The summed E-state index contributed by atoms with van der Waals surface area (Å²) in [7, 11) is 0. The molecule has 0 radical (unpaired) electrons. The van der Waals surface area contributed by atoms with E-state index in [1.165, 1.54) is 18.2 Å². The van der Waals surface area contributed by atoms with E-state index in [1.807, 2.05) is 0 Å². The fourth-order valence-electron chi connectivity index (χ4n) is 5.47. The molecular weight excluding hydrogens is 594 g/mol. The Kier molecular flexibility index (Phi) is 6.02. The number of carbonyl (C=O) groups excluding carboxylic acids is 3.